The molecule has 0 atom stereocenters. The molecule has 0 radical (unpaired) electrons. The van der Waals surface area contributed by atoms with Gasteiger partial charge in [0.05, 0.1) is 16.6 Å². The molecule has 0 bridgehead atoms. The minimum atomic E-state index is 0.529. The highest BCUT2D eigenvalue weighted by molar-refractivity contribution is 6.33. The summed E-state index contributed by atoms with van der Waals surface area (Å²) in [4.78, 5) is 12.5. The monoisotopic (exact) mass is 231 g/mol. The van der Waals surface area contributed by atoms with Crippen LogP contribution >= 0.6 is 11.6 Å². The van der Waals surface area contributed by atoms with Gasteiger partial charge in [-0.2, -0.15) is 5.10 Å². The van der Waals surface area contributed by atoms with Gasteiger partial charge in [-0.25, -0.2) is 9.97 Å². The standard InChI is InChI=1S/C10H6ClN5/c11-8-5-12-2-1-7(8)10-13-3-6-4-14-16-9(6)15-10/h1-5H,(H,13,14,15,16). The van der Waals surface area contributed by atoms with E-state index in [0.29, 0.717) is 16.5 Å². The molecule has 3 rings (SSSR count). The highest BCUT2D eigenvalue weighted by Gasteiger charge is 2.07. The van der Waals surface area contributed by atoms with Crippen molar-refractivity contribution in [3.05, 3.63) is 35.9 Å². The number of aromatic nitrogens is 5. The molecule has 0 aliphatic heterocycles. The summed E-state index contributed by atoms with van der Waals surface area (Å²) >= 11 is 6.02. The molecule has 0 amide bonds. The number of hydrogen-bond acceptors (Lipinski definition) is 4. The van der Waals surface area contributed by atoms with Crippen molar-refractivity contribution >= 4 is 22.6 Å². The van der Waals surface area contributed by atoms with Crippen molar-refractivity contribution in [1.82, 2.24) is 25.1 Å². The fourth-order valence-corrected chi connectivity index (χ4v) is 1.63. The quantitative estimate of drug-likeness (QED) is 0.696. The van der Waals surface area contributed by atoms with Crippen molar-refractivity contribution in [3.8, 4) is 11.4 Å². The van der Waals surface area contributed by atoms with E-state index < -0.39 is 0 Å². The third kappa shape index (κ3) is 1.42. The van der Waals surface area contributed by atoms with E-state index in [9.17, 15) is 0 Å². The molecular formula is C10H6ClN5. The Hall–Kier alpha value is -2.01. The zero-order valence-corrected chi connectivity index (χ0v) is 8.81. The molecule has 0 aromatic carbocycles. The van der Waals surface area contributed by atoms with E-state index in [4.69, 9.17) is 11.6 Å². The molecule has 0 saturated heterocycles. The molecule has 0 aliphatic rings. The minimum Gasteiger partial charge on any atom is -0.263 e. The largest absolute Gasteiger partial charge is 0.263 e. The van der Waals surface area contributed by atoms with Crippen LogP contribution < -0.4 is 0 Å². The lowest BCUT2D eigenvalue weighted by Crippen LogP contribution is -1.90. The Labute approximate surface area is 95.5 Å². The second-order valence-electron chi connectivity index (χ2n) is 3.22. The van der Waals surface area contributed by atoms with Gasteiger partial charge < -0.3 is 0 Å². The predicted molar refractivity (Wildman–Crippen MR) is 59.9 cm³/mol. The normalized spacial score (nSPS) is 10.8. The highest BCUT2D eigenvalue weighted by atomic mass is 35.5. The number of hydrogen-bond donors (Lipinski definition) is 1. The van der Waals surface area contributed by atoms with E-state index in [2.05, 4.69) is 25.1 Å². The smallest absolute Gasteiger partial charge is 0.163 e. The van der Waals surface area contributed by atoms with Crippen molar-refractivity contribution in [2.45, 2.75) is 0 Å². The summed E-state index contributed by atoms with van der Waals surface area (Å²) in [6.45, 7) is 0. The first kappa shape index (κ1) is 9.23. The maximum atomic E-state index is 6.02. The SMILES string of the molecule is Clc1cnccc1-c1ncc2cn[nH]c2n1. The van der Waals surface area contributed by atoms with Crippen LogP contribution in [0.3, 0.4) is 0 Å². The topological polar surface area (TPSA) is 67.3 Å². The number of pyridine rings is 1. The molecule has 0 aliphatic carbocycles. The van der Waals surface area contributed by atoms with Gasteiger partial charge in [0, 0.05) is 24.2 Å². The fraction of sp³-hybridized carbons (Fsp3) is 0. The van der Waals surface area contributed by atoms with Crippen LogP contribution in [0.15, 0.2) is 30.9 Å². The lowest BCUT2D eigenvalue weighted by Gasteiger charge is -2.00. The fourth-order valence-electron chi connectivity index (χ4n) is 1.42. The Bertz CT molecular complexity index is 648. The van der Waals surface area contributed by atoms with Gasteiger partial charge >= 0.3 is 0 Å². The van der Waals surface area contributed by atoms with Gasteiger partial charge in [-0.15, -0.1) is 0 Å². The van der Waals surface area contributed by atoms with E-state index in [1.807, 2.05) is 0 Å². The average molecular weight is 232 g/mol. The number of halogens is 1. The summed E-state index contributed by atoms with van der Waals surface area (Å²) in [7, 11) is 0. The molecule has 78 valence electrons. The predicted octanol–water partition coefficient (Wildman–Crippen LogP) is 2.07. The second-order valence-corrected chi connectivity index (χ2v) is 3.63. The number of nitrogens with zero attached hydrogens (tertiary/aromatic N) is 4. The summed E-state index contributed by atoms with van der Waals surface area (Å²) in [5, 5.41) is 8.07. The number of nitrogens with one attached hydrogen (secondary N) is 1. The van der Waals surface area contributed by atoms with E-state index in [0.717, 1.165) is 10.9 Å². The van der Waals surface area contributed by atoms with E-state index in [-0.39, 0.29) is 0 Å². The maximum Gasteiger partial charge on any atom is 0.163 e. The van der Waals surface area contributed by atoms with Crippen LogP contribution in [0, 0.1) is 0 Å². The lowest BCUT2D eigenvalue weighted by atomic mass is 10.2. The second kappa shape index (κ2) is 3.53. The summed E-state index contributed by atoms with van der Waals surface area (Å²) in [6.07, 6.45) is 6.60. The molecule has 1 N–H and O–H groups in total. The van der Waals surface area contributed by atoms with Gasteiger partial charge in [0.25, 0.3) is 0 Å². The average Bonchev–Trinajstić information content (AvgIpc) is 2.76. The first-order valence-corrected chi connectivity index (χ1v) is 4.98. The Morgan fingerprint density at radius 1 is 1.19 bits per heavy atom. The van der Waals surface area contributed by atoms with Gasteiger partial charge in [0.2, 0.25) is 0 Å². The molecule has 0 unspecified atom stereocenters. The number of rotatable bonds is 1. The van der Waals surface area contributed by atoms with Gasteiger partial charge in [-0.05, 0) is 6.07 Å². The summed E-state index contributed by atoms with van der Waals surface area (Å²) in [5.41, 5.74) is 1.45. The van der Waals surface area contributed by atoms with E-state index in [1.54, 1.807) is 30.9 Å². The minimum absolute atomic E-state index is 0.529. The zero-order valence-electron chi connectivity index (χ0n) is 8.05. The molecule has 3 aromatic rings. The Balaban J connectivity index is 2.22. The van der Waals surface area contributed by atoms with Crippen molar-refractivity contribution in [2.24, 2.45) is 0 Å². The van der Waals surface area contributed by atoms with Gasteiger partial charge in [0.1, 0.15) is 0 Å². The first-order chi connectivity index (χ1) is 7.84. The first-order valence-electron chi connectivity index (χ1n) is 4.60. The van der Waals surface area contributed by atoms with E-state index >= 15 is 0 Å². The Morgan fingerprint density at radius 3 is 3.00 bits per heavy atom. The van der Waals surface area contributed by atoms with Crippen LogP contribution in [0.2, 0.25) is 5.02 Å². The van der Waals surface area contributed by atoms with Crippen molar-refractivity contribution in [3.63, 3.8) is 0 Å². The van der Waals surface area contributed by atoms with Gasteiger partial charge in [0.15, 0.2) is 11.5 Å². The molecule has 3 heterocycles. The van der Waals surface area contributed by atoms with Crippen LogP contribution in [0.1, 0.15) is 0 Å². The van der Waals surface area contributed by atoms with Crippen LogP contribution in [0.4, 0.5) is 0 Å². The third-order valence-electron chi connectivity index (χ3n) is 2.20. The molecular weight excluding hydrogens is 226 g/mol. The van der Waals surface area contributed by atoms with Crippen LogP contribution in [-0.4, -0.2) is 25.1 Å². The molecule has 0 saturated carbocycles. The summed E-state index contributed by atoms with van der Waals surface area (Å²) < 4.78 is 0. The van der Waals surface area contributed by atoms with Crippen LogP contribution in [0.5, 0.6) is 0 Å². The third-order valence-corrected chi connectivity index (χ3v) is 2.51. The van der Waals surface area contributed by atoms with Crippen LogP contribution in [0.25, 0.3) is 22.4 Å². The van der Waals surface area contributed by atoms with Gasteiger partial charge in [-0.1, -0.05) is 11.6 Å². The molecule has 3 aromatic heterocycles. The van der Waals surface area contributed by atoms with Crippen molar-refractivity contribution in [2.75, 3.05) is 0 Å². The lowest BCUT2D eigenvalue weighted by molar-refractivity contribution is 1.09. The summed E-state index contributed by atoms with van der Waals surface area (Å²) in [5.74, 6) is 0.559. The van der Waals surface area contributed by atoms with Crippen molar-refractivity contribution < 1.29 is 0 Å². The zero-order chi connectivity index (χ0) is 11.0. The number of aromatic amines is 1. The Morgan fingerprint density at radius 2 is 2.12 bits per heavy atom. The summed E-state index contributed by atoms with van der Waals surface area (Å²) in [6, 6.07) is 1.78. The van der Waals surface area contributed by atoms with Crippen molar-refractivity contribution in [1.29, 1.82) is 0 Å². The van der Waals surface area contributed by atoms with E-state index in [1.165, 1.54) is 0 Å². The number of H-pyrrole nitrogens is 1. The molecule has 0 spiro atoms. The molecule has 6 heteroatoms. The van der Waals surface area contributed by atoms with Gasteiger partial charge in [-0.3, -0.25) is 10.1 Å². The molecule has 0 fully saturated rings. The number of fused-ring (bicyclic) bond motifs is 1. The highest BCUT2D eigenvalue weighted by Crippen LogP contribution is 2.24. The Kier molecular flexibility index (Phi) is 2.04. The molecule has 5 nitrogen and oxygen atoms in total. The van der Waals surface area contributed by atoms with Crippen LogP contribution in [-0.2, 0) is 0 Å². The maximum absolute atomic E-state index is 6.02. The molecule has 16 heavy (non-hydrogen) atoms.